The second-order valence-electron chi connectivity index (χ2n) is 4.29. The van der Waals surface area contributed by atoms with Crippen LogP contribution in [-0.2, 0) is 0 Å². The van der Waals surface area contributed by atoms with Gasteiger partial charge in [-0.2, -0.15) is 0 Å². The van der Waals surface area contributed by atoms with E-state index in [2.05, 4.69) is 35.2 Å². The molecule has 2 rings (SSSR count). The average Bonchev–Trinajstić information content (AvgIpc) is 3.02. The molecule has 0 saturated heterocycles. The molecule has 0 unspecified atom stereocenters. The number of nitrogens with one attached hydrogen (secondary N) is 1. The third kappa shape index (κ3) is 2.93. The van der Waals surface area contributed by atoms with Crippen LogP contribution in [0, 0.1) is 6.92 Å². The molecule has 1 aliphatic carbocycles. The predicted octanol–water partition coefficient (Wildman–Crippen LogP) is 1.58. The lowest BCUT2D eigenvalue weighted by Crippen LogP contribution is -2.31. The maximum atomic E-state index is 4.39. The van der Waals surface area contributed by atoms with Gasteiger partial charge in [0.2, 0.25) is 0 Å². The second-order valence-corrected chi connectivity index (χ2v) is 4.29. The van der Waals surface area contributed by atoms with Crippen molar-refractivity contribution in [1.82, 2.24) is 10.3 Å². The van der Waals surface area contributed by atoms with Gasteiger partial charge in [0.15, 0.2) is 0 Å². The minimum atomic E-state index is 0.795. The Balaban J connectivity index is 1.83. The summed E-state index contributed by atoms with van der Waals surface area (Å²) in [5, 5.41) is 3.51. The lowest BCUT2D eigenvalue weighted by Gasteiger charge is -2.20. The Morgan fingerprint density at radius 1 is 1.53 bits per heavy atom. The van der Waals surface area contributed by atoms with Gasteiger partial charge in [-0.15, -0.1) is 0 Å². The van der Waals surface area contributed by atoms with Crippen LogP contribution in [0.4, 0.5) is 5.82 Å². The normalized spacial score (nSPS) is 15.3. The van der Waals surface area contributed by atoms with Gasteiger partial charge < -0.3 is 10.2 Å². The molecular formula is C12H19N3. The monoisotopic (exact) mass is 205 g/mol. The molecule has 1 N–H and O–H groups in total. The first-order valence-electron chi connectivity index (χ1n) is 5.63. The number of hydrogen-bond acceptors (Lipinski definition) is 3. The molecular weight excluding hydrogens is 186 g/mol. The van der Waals surface area contributed by atoms with E-state index in [1.54, 1.807) is 0 Å². The number of hydrogen-bond donors (Lipinski definition) is 1. The smallest absolute Gasteiger partial charge is 0.131 e. The Labute approximate surface area is 91.5 Å². The molecule has 1 fully saturated rings. The maximum absolute atomic E-state index is 4.39. The first kappa shape index (κ1) is 10.4. The highest BCUT2D eigenvalue weighted by atomic mass is 15.2. The Morgan fingerprint density at radius 3 is 3.00 bits per heavy atom. The molecule has 1 aromatic rings. The number of pyridine rings is 1. The highest BCUT2D eigenvalue weighted by molar-refractivity contribution is 5.44. The van der Waals surface area contributed by atoms with Gasteiger partial charge in [0.05, 0.1) is 0 Å². The molecule has 0 aromatic carbocycles. The summed E-state index contributed by atoms with van der Waals surface area (Å²) in [6, 6.07) is 4.88. The van der Waals surface area contributed by atoms with Crippen molar-refractivity contribution >= 4 is 5.82 Å². The molecule has 0 spiro atoms. The number of likely N-dealkylation sites (N-methyl/N-ethyl adjacent to an activating group) is 1. The molecule has 0 radical (unpaired) electrons. The van der Waals surface area contributed by atoms with Crippen molar-refractivity contribution in [3.63, 3.8) is 0 Å². The van der Waals surface area contributed by atoms with Crippen molar-refractivity contribution in [2.45, 2.75) is 25.8 Å². The summed E-state index contributed by atoms with van der Waals surface area (Å²) in [5.74, 6) is 1.09. The fraction of sp³-hybridized carbons (Fsp3) is 0.583. The van der Waals surface area contributed by atoms with Crippen LogP contribution in [0.25, 0.3) is 0 Å². The fourth-order valence-electron chi connectivity index (χ4n) is 1.71. The van der Waals surface area contributed by atoms with Crippen LogP contribution in [0.5, 0.6) is 0 Å². The fourth-order valence-corrected chi connectivity index (χ4v) is 1.71. The molecule has 15 heavy (non-hydrogen) atoms. The quantitative estimate of drug-likeness (QED) is 0.791. The summed E-state index contributed by atoms with van der Waals surface area (Å²) < 4.78 is 0. The summed E-state index contributed by atoms with van der Waals surface area (Å²) in [6.45, 7) is 4.18. The Morgan fingerprint density at radius 2 is 2.33 bits per heavy atom. The lowest BCUT2D eigenvalue weighted by molar-refractivity contribution is 0.672. The van der Waals surface area contributed by atoms with Gasteiger partial charge >= 0.3 is 0 Å². The Kier molecular flexibility index (Phi) is 3.21. The molecule has 1 heterocycles. The highest BCUT2D eigenvalue weighted by Crippen LogP contribution is 2.18. The second kappa shape index (κ2) is 4.62. The van der Waals surface area contributed by atoms with Crippen molar-refractivity contribution in [3.8, 4) is 0 Å². The SMILES string of the molecule is Cc1cccnc1N(C)CCNC1CC1. The standard InChI is InChI=1S/C12H19N3/c1-10-4-3-7-14-12(10)15(2)9-8-13-11-5-6-11/h3-4,7,11,13H,5-6,8-9H2,1-2H3. The van der Waals surface area contributed by atoms with Crippen LogP contribution in [-0.4, -0.2) is 31.2 Å². The van der Waals surface area contributed by atoms with E-state index in [4.69, 9.17) is 0 Å². The largest absolute Gasteiger partial charge is 0.358 e. The van der Waals surface area contributed by atoms with Gasteiger partial charge in [-0.3, -0.25) is 0 Å². The molecule has 0 amide bonds. The van der Waals surface area contributed by atoms with E-state index < -0.39 is 0 Å². The van der Waals surface area contributed by atoms with Crippen LogP contribution in [0.1, 0.15) is 18.4 Å². The Hall–Kier alpha value is -1.09. The Bertz CT molecular complexity index is 320. The number of anilines is 1. The number of aromatic nitrogens is 1. The van der Waals surface area contributed by atoms with Crippen LogP contribution < -0.4 is 10.2 Å². The van der Waals surface area contributed by atoms with E-state index in [-0.39, 0.29) is 0 Å². The summed E-state index contributed by atoms with van der Waals surface area (Å²) in [7, 11) is 2.10. The third-order valence-electron chi connectivity index (χ3n) is 2.80. The molecule has 0 atom stereocenters. The van der Waals surface area contributed by atoms with Gasteiger partial charge in [0, 0.05) is 32.4 Å². The summed E-state index contributed by atoms with van der Waals surface area (Å²) in [6.07, 6.45) is 4.56. The van der Waals surface area contributed by atoms with Crippen molar-refractivity contribution in [2.75, 3.05) is 25.0 Å². The molecule has 1 aliphatic rings. The van der Waals surface area contributed by atoms with E-state index in [0.717, 1.165) is 24.9 Å². The highest BCUT2D eigenvalue weighted by Gasteiger charge is 2.19. The molecule has 82 valence electrons. The van der Waals surface area contributed by atoms with E-state index in [1.807, 2.05) is 12.3 Å². The average molecular weight is 205 g/mol. The van der Waals surface area contributed by atoms with Crippen molar-refractivity contribution < 1.29 is 0 Å². The van der Waals surface area contributed by atoms with Gasteiger partial charge in [0.1, 0.15) is 5.82 Å². The van der Waals surface area contributed by atoms with Crippen molar-refractivity contribution in [3.05, 3.63) is 23.9 Å². The zero-order chi connectivity index (χ0) is 10.7. The number of nitrogens with zero attached hydrogens (tertiary/aromatic N) is 2. The lowest BCUT2D eigenvalue weighted by atomic mass is 10.3. The zero-order valence-corrected chi connectivity index (χ0v) is 9.53. The predicted molar refractivity (Wildman–Crippen MR) is 63.3 cm³/mol. The van der Waals surface area contributed by atoms with Gasteiger partial charge in [-0.05, 0) is 31.4 Å². The molecule has 1 saturated carbocycles. The van der Waals surface area contributed by atoms with Crippen LogP contribution in [0.15, 0.2) is 18.3 Å². The molecule has 3 heteroatoms. The summed E-state index contributed by atoms with van der Waals surface area (Å²) in [5.41, 5.74) is 1.24. The third-order valence-corrected chi connectivity index (χ3v) is 2.80. The van der Waals surface area contributed by atoms with E-state index in [1.165, 1.54) is 18.4 Å². The minimum absolute atomic E-state index is 0.795. The van der Waals surface area contributed by atoms with Crippen molar-refractivity contribution in [1.29, 1.82) is 0 Å². The molecule has 0 bridgehead atoms. The van der Waals surface area contributed by atoms with E-state index in [9.17, 15) is 0 Å². The van der Waals surface area contributed by atoms with E-state index >= 15 is 0 Å². The van der Waals surface area contributed by atoms with Gasteiger partial charge in [-0.1, -0.05) is 6.07 Å². The van der Waals surface area contributed by atoms with Crippen molar-refractivity contribution in [2.24, 2.45) is 0 Å². The van der Waals surface area contributed by atoms with Crippen LogP contribution in [0.2, 0.25) is 0 Å². The number of aryl methyl sites for hydroxylation is 1. The van der Waals surface area contributed by atoms with Crippen LogP contribution in [0.3, 0.4) is 0 Å². The van der Waals surface area contributed by atoms with Gasteiger partial charge in [0.25, 0.3) is 0 Å². The topological polar surface area (TPSA) is 28.2 Å². The van der Waals surface area contributed by atoms with E-state index in [0.29, 0.717) is 0 Å². The molecule has 3 nitrogen and oxygen atoms in total. The van der Waals surface area contributed by atoms with Crippen LogP contribution >= 0.6 is 0 Å². The zero-order valence-electron chi connectivity index (χ0n) is 9.53. The van der Waals surface area contributed by atoms with Gasteiger partial charge in [-0.25, -0.2) is 4.98 Å². The number of rotatable bonds is 5. The minimum Gasteiger partial charge on any atom is -0.358 e. The maximum Gasteiger partial charge on any atom is 0.131 e. The first-order chi connectivity index (χ1) is 7.27. The summed E-state index contributed by atoms with van der Waals surface area (Å²) in [4.78, 5) is 6.60. The molecule has 0 aliphatic heterocycles. The summed E-state index contributed by atoms with van der Waals surface area (Å²) >= 11 is 0. The first-order valence-corrected chi connectivity index (χ1v) is 5.63. The molecule has 1 aromatic heterocycles.